The molecule has 0 saturated heterocycles. The summed E-state index contributed by atoms with van der Waals surface area (Å²) in [6, 6.07) is 16.6. The molecule has 1 amide bonds. The van der Waals surface area contributed by atoms with Gasteiger partial charge in [0.05, 0.1) is 12.6 Å². The van der Waals surface area contributed by atoms with Gasteiger partial charge in [0.25, 0.3) is 0 Å². The number of imidazole rings is 1. The maximum atomic E-state index is 12.8. The quantitative estimate of drug-likeness (QED) is 0.247. The number of halogens is 4. The van der Waals surface area contributed by atoms with E-state index < -0.39 is 6.36 Å². The molecule has 0 saturated carbocycles. The maximum absolute atomic E-state index is 12.8. The van der Waals surface area contributed by atoms with Gasteiger partial charge >= 0.3 is 6.36 Å². The second-order valence-corrected chi connectivity index (χ2v) is 9.82. The number of hydrogen-bond donors (Lipinski definition) is 1. The van der Waals surface area contributed by atoms with E-state index in [2.05, 4.69) is 10.1 Å². The Kier molecular flexibility index (Phi) is 8.26. The van der Waals surface area contributed by atoms with Crippen molar-refractivity contribution in [1.29, 1.82) is 0 Å². The summed E-state index contributed by atoms with van der Waals surface area (Å²) in [5.74, 6) is 0.447. The molecule has 0 fully saturated rings. The van der Waals surface area contributed by atoms with E-state index in [1.54, 1.807) is 24.3 Å². The van der Waals surface area contributed by atoms with Crippen LogP contribution in [0, 0.1) is 0 Å². The van der Waals surface area contributed by atoms with Crippen LogP contribution >= 0.6 is 11.6 Å². The summed E-state index contributed by atoms with van der Waals surface area (Å²) < 4.78 is 43.5. The number of fused-ring (bicyclic) bond motifs is 1. The Labute approximate surface area is 223 Å². The van der Waals surface area contributed by atoms with Crippen LogP contribution in [0.15, 0.2) is 60.7 Å². The Hall–Kier alpha value is -3.59. The normalized spacial score (nSPS) is 12.6. The number of benzene rings is 2. The molecule has 0 spiro atoms. The zero-order chi connectivity index (χ0) is 27.4. The van der Waals surface area contributed by atoms with E-state index in [1.807, 2.05) is 49.6 Å². The molecule has 4 aromatic rings. The third-order valence-corrected chi connectivity index (χ3v) is 6.36. The molecule has 1 atom stereocenters. The molecule has 6 nitrogen and oxygen atoms in total. The van der Waals surface area contributed by atoms with Gasteiger partial charge < -0.3 is 14.6 Å². The van der Waals surface area contributed by atoms with E-state index in [1.165, 1.54) is 12.1 Å². The summed E-state index contributed by atoms with van der Waals surface area (Å²) in [7, 11) is 0. The third-order valence-electron chi connectivity index (χ3n) is 6.11. The number of rotatable bonds is 9. The number of nitrogens with zero attached hydrogens (tertiary/aromatic N) is 3. The smallest absolute Gasteiger partial charge is 0.406 e. The van der Waals surface area contributed by atoms with Crippen molar-refractivity contribution >= 4 is 28.7 Å². The number of amides is 1. The molecule has 2 aromatic heterocycles. The molecular weight excluding hydrogens is 517 g/mol. The fourth-order valence-corrected chi connectivity index (χ4v) is 4.22. The third kappa shape index (κ3) is 7.04. The number of carbonyl (C=O) groups is 1. The van der Waals surface area contributed by atoms with Crippen molar-refractivity contribution in [3.05, 3.63) is 88.3 Å². The molecule has 4 rings (SSSR count). The summed E-state index contributed by atoms with van der Waals surface area (Å²) in [5.41, 5.74) is 3.94. The standard InChI is InChI=1S/C28H28ClF3N4O2/c1-17(2)23-12-13-24-27(35-23)36(16-19-4-10-22(11-5-19)38-28(30,31)32)25(34-24)14-15-26(37)33-18(3)20-6-8-21(29)9-7-20/h4-13,17-18H,14-16H2,1-3H3,(H,33,37)/t18-/m0/s1. The van der Waals surface area contributed by atoms with Crippen molar-refractivity contribution in [3.8, 4) is 5.75 Å². The summed E-state index contributed by atoms with van der Waals surface area (Å²) in [6.45, 7) is 6.32. The maximum Gasteiger partial charge on any atom is 0.573 e. The van der Waals surface area contributed by atoms with Crippen molar-refractivity contribution in [2.45, 2.75) is 58.5 Å². The van der Waals surface area contributed by atoms with Gasteiger partial charge in [-0.25, -0.2) is 9.97 Å². The van der Waals surface area contributed by atoms with Crippen LogP contribution in [0.3, 0.4) is 0 Å². The van der Waals surface area contributed by atoms with Gasteiger partial charge in [-0.15, -0.1) is 13.2 Å². The first-order chi connectivity index (χ1) is 18.0. The Morgan fingerprint density at radius 3 is 2.32 bits per heavy atom. The lowest BCUT2D eigenvalue weighted by Gasteiger charge is -2.15. The first-order valence-corrected chi connectivity index (χ1v) is 12.6. The molecule has 0 aliphatic carbocycles. The lowest BCUT2D eigenvalue weighted by Crippen LogP contribution is -2.27. The van der Waals surface area contributed by atoms with Crippen molar-refractivity contribution in [2.75, 3.05) is 0 Å². The van der Waals surface area contributed by atoms with E-state index in [4.69, 9.17) is 21.6 Å². The number of aryl methyl sites for hydroxylation is 1. The molecule has 1 N–H and O–H groups in total. The van der Waals surface area contributed by atoms with Gasteiger partial charge in [0, 0.05) is 23.6 Å². The van der Waals surface area contributed by atoms with Crippen LogP contribution in [0.1, 0.15) is 61.8 Å². The minimum absolute atomic E-state index is 0.129. The van der Waals surface area contributed by atoms with E-state index in [-0.39, 0.29) is 30.0 Å². The topological polar surface area (TPSA) is 69.0 Å². The van der Waals surface area contributed by atoms with Gasteiger partial charge in [-0.05, 0) is 60.4 Å². The Balaban J connectivity index is 1.54. The molecule has 0 aliphatic rings. The molecular formula is C28H28ClF3N4O2. The number of aromatic nitrogens is 3. The average molecular weight is 545 g/mol. The molecule has 0 bridgehead atoms. The summed E-state index contributed by atoms with van der Waals surface area (Å²) >= 11 is 5.95. The minimum Gasteiger partial charge on any atom is -0.406 e. The molecule has 2 aromatic carbocycles. The van der Waals surface area contributed by atoms with Crippen LogP contribution in [0.25, 0.3) is 11.2 Å². The SMILES string of the molecule is CC(C)c1ccc2nc(CCC(=O)N[C@@H](C)c3ccc(Cl)cc3)n(Cc3ccc(OC(F)(F)F)cc3)c2n1. The highest BCUT2D eigenvalue weighted by molar-refractivity contribution is 6.30. The number of nitrogens with one attached hydrogen (secondary N) is 1. The van der Waals surface area contributed by atoms with Crippen LogP contribution in [0.4, 0.5) is 13.2 Å². The highest BCUT2D eigenvalue weighted by atomic mass is 35.5. The van der Waals surface area contributed by atoms with Crippen LogP contribution < -0.4 is 10.1 Å². The summed E-state index contributed by atoms with van der Waals surface area (Å²) in [5, 5.41) is 3.62. The fraction of sp³-hybridized carbons (Fsp3) is 0.321. The first-order valence-electron chi connectivity index (χ1n) is 12.2. The van der Waals surface area contributed by atoms with Crippen molar-refractivity contribution in [1.82, 2.24) is 19.9 Å². The zero-order valence-corrected chi connectivity index (χ0v) is 22.0. The highest BCUT2D eigenvalue weighted by Gasteiger charge is 2.31. The number of ether oxygens (including phenoxy) is 1. The molecule has 200 valence electrons. The van der Waals surface area contributed by atoms with Crippen LogP contribution in [-0.2, 0) is 17.8 Å². The Morgan fingerprint density at radius 2 is 1.68 bits per heavy atom. The molecule has 2 heterocycles. The fourth-order valence-electron chi connectivity index (χ4n) is 4.09. The second kappa shape index (κ2) is 11.4. The van der Waals surface area contributed by atoms with Crippen LogP contribution in [0.5, 0.6) is 5.75 Å². The van der Waals surface area contributed by atoms with Gasteiger partial charge in [0.1, 0.15) is 17.1 Å². The molecule has 38 heavy (non-hydrogen) atoms. The highest BCUT2D eigenvalue weighted by Crippen LogP contribution is 2.25. The summed E-state index contributed by atoms with van der Waals surface area (Å²) in [6.07, 6.45) is -4.18. The first kappa shape index (κ1) is 27.4. The number of hydrogen-bond acceptors (Lipinski definition) is 4. The van der Waals surface area contributed by atoms with Gasteiger partial charge in [0.15, 0.2) is 5.65 Å². The lowest BCUT2D eigenvalue weighted by molar-refractivity contribution is -0.274. The van der Waals surface area contributed by atoms with Crippen molar-refractivity contribution in [2.24, 2.45) is 0 Å². The minimum atomic E-state index is -4.75. The predicted molar refractivity (Wildman–Crippen MR) is 140 cm³/mol. The largest absolute Gasteiger partial charge is 0.573 e. The zero-order valence-electron chi connectivity index (χ0n) is 21.2. The van der Waals surface area contributed by atoms with E-state index >= 15 is 0 Å². The van der Waals surface area contributed by atoms with E-state index in [0.717, 1.165) is 16.8 Å². The number of alkyl halides is 3. The van der Waals surface area contributed by atoms with Gasteiger partial charge in [-0.3, -0.25) is 4.79 Å². The monoisotopic (exact) mass is 544 g/mol. The van der Waals surface area contributed by atoms with Gasteiger partial charge in [-0.2, -0.15) is 0 Å². The van der Waals surface area contributed by atoms with Gasteiger partial charge in [-0.1, -0.05) is 49.7 Å². The lowest BCUT2D eigenvalue weighted by atomic mass is 10.1. The van der Waals surface area contributed by atoms with E-state index in [9.17, 15) is 18.0 Å². The Morgan fingerprint density at radius 1 is 1.00 bits per heavy atom. The molecule has 0 unspecified atom stereocenters. The average Bonchev–Trinajstić information content (AvgIpc) is 3.19. The van der Waals surface area contributed by atoms with Crippen molar-refractivity contribution in [3.63, 3.8) is 0 Å². The van der Waals surface area contributed by atoms with Crippen LogP contribution in [-0.4, -0.2) is 26.8 Å². The predicted octanol–water partition coefficient (Wildman–Crippen LogP) is 6.97. The number of carbonyl (C=O) groups excluding carboxylic acids is 1. The molecule has 0 radical (unpaired) electrons. The van der Waals surface area contributed by atoms with Gasteiger partial charge in [0.2, 0.25) is 5.91 Å². The van der Waals surface area contributed by atoms with Crippen molar-refractivity contribution < 1.29 is 22.7 Å². The second-order valence-electron chi connectivity index (χ2n) is 9.38. The van der Waals surface area contributed by atoms with Crippen LogP contribution in [0.2, 0.25) is 5.02 Å². The van der Waals surface area contributed by atoms with E-state index in [0.29, 0.717) is 35.0 Å². The Bertz CT molecular complexity index is 1400. The summed E-state index contributed by atoms with van der Waals surface area (Å²) in [4.78, 5) is 22.3. The molecule has 0 aliphatic heterocycles. The molecule has 10 heteroatoms. The number of pyridine rings is 1.